The van der Waals surface area contributed by atoms with Crippen LogP contribution < -0.4 is 10.1 Å². The Kier molecular flexibility index (Phi) is 6.19. The second-order valence-electron chi connectivity index (χ2n) is 5.98. The first-order chi connectivity index (χ1) is 12.3. The molecule has 0 aliphatic carbocycles. The summed E-state index contributed by atoms with van der Waals surface area (Å²) in [5.41, 5.74) is 2.18. The third-order valence-corrected chi connectivity index (χ3v) is 4.58. The molecule has 1 N–H and O–H groups in total. The standard InChI is InChI=1S/C19H24N4OS/c1-2-24-18-8-4-3-7-17(18)21-19(25)23-12-10-22(11-13-23)15-16-6-5-9-20-14-16/h3-9,14H,2,10-13,15H2,1H3,(H,21,25). The Morgan fingerprint density at radius 3 is 2.68 bits per heavy atom. The number of anilines is 1. The summed E-state index contributed by atoms with van der Waals surface area (Å²) < 4.78 is 5.65. The highest BCUT2D eigenvalue weighted by Gasteiger charge is 2.19. The van der Waals surface area contributed by atoms with E-state index in [0.29, 0.717) is 6.61 Å². The van der Waals surface area contributed by atoms with Crippen LogP contribution in [0.4, 0.5) is 5.69 Å². The molecule has 2 aromatic rings. The fraction of sp³-hybridized carbons (Fsp3) is 0.368. The predicted molar refractivity (Wildman–Crippen MR) is 105 cm³/mol. The predicted octanol–water partition coefficient (Wildman–Crippen LogP) is 2.99. The quantitative estimate of drug-likeness (QED) is 0.831. The maximum atomic E-state index is 5.65. The molecule has 132 valence electrons. The molecule has 6 heteroatoms. The molecule has 1 aromatic heterocycles. The normalized spacial score (nSPS) is 15.0. The molecule has 0 spiro atoms. The number of ether oxygens (including phenoxy) is 1. The van der Waals surface area contributed by atoms with Crippen LogP contribution in [-0.4, -0.2) is 52.7 Å². The molecule has 2 heterocycles. The molecule has 0 saturated carbocycles. The Morgan fingerprint density at radius 1 is 1.16 bits per heavy atom. The number of hydrogen-bond donors (Lipinski definition) is 1. The molecule has 0 unspecified atom stereocenters. The first kappa shape index (κ1) is 17.6. The van der Waals surface area contributed by atoms with Crippen molar-refractivity contribution in [3.05, 3.63) is 54.4 Å². The number of hydrogen-bond acceptors (Lipinski definition) is 4. The molecular weight excluding hydrogens is 332 g/mol. The molecule has 1 aromatic carbocycles. The SMILES string of the molecule is CCOc1ccccc1NC(=S)N1CCN(Cc2cccnc2)CC1. The molecule has 0 atom stereocenters. The van der Waals surface area contributed by atoms with Gasteiger partial charge in [0.15, 0.2) is 5.11 Å². The summed E-state index contributed by atoms with van der Waals surface area (Å²) in [5.74, 6) is 0.836. The van der Waals surface area contributed by atoms with Crippen LogP contribution in [0.5, 0.6) is 5.75 Å². The van der Waals surface area contributed by atoms with E-state index in [2.05, 4.69) is 26.2 Å². The van der Waals surface area contributed by atoms with E-state index in [1.807, 2.05) is 49.6 Å². The molecule has 1 aliphatic heterocycles. The number of nitrogens with one attached hydrogen (secondary N) is 1. The highest BCUT2D eigenvalue weighted by Crippen LogP contribution is 2.24. The minimum atomic E-state index is 0.637. The van der Waals surface area contributed by atoms with Gasteiger partial charge in [0.05, 0.1) is 12.3 Å². The topological polar surface area (TPSA) is 40.6 Å². The molecule has 0 radical (unpaired) electrons. The van der Waals surface area contributed by atoms with Crippen LogP contribution in [0.15, 0.2) is 48.8 Å². The highest BCUT2D eigenvalue weighted by molar-refractivity contribution is 7.80. The number of aromatic nitrogens is 1. The monoisotopic (exact) mass is 356 g/mol. The zero-order valence-electron chi connectivity index (χ0n) is 14.5. The molecule has 25 heavy (non-hydrogen) atoms. The second kappa shape index (κ2) is 8.78. The second-order valence-corrected chi connectivity index (χ2v) is 6.37. The lowest BCUT2D eigenvalue weighted by Gasteiger charge is -2.36. The van der Waals surface area contributed by atoms with E-state index in [9.17, 15) is 0 Å². The van der Waals surface area contributed by atoms with Gasteiger partial charge in [-0.1, -0.05) is 18.2 Å². The van der Waals surface area contributed by atoms with Gasteiger partial charge in [-0.2, -0.15) is 0 Å². The van der Waals surface area contributed by atoms with Crippen molar-refractivity contribution < 1.29 is 4.74 Å². The van der Waals surface area contributed by atoms with Crippen LogP contribution in [-0.2, 0) is 6.54 Å². The third kappa shape index (κ3) is 4.90. The van der Waals surface area contributed by atoms with Crippen LogP contribution in [0.3, 0.4) is 0 Å². The molecule has 1 fully saturated rings. The fourth-order valence-electron chi connectivity index (χ4n) is 2.90. The van der Waals surface area contributed by atoms with E-state index in [-0.39, 0.29) is 0 Å². The van der Waals surface area contributed by atoms with E-state index in [0.717, 1.165) is 49.3 Å². The van der Waals surface area contributed by atoms with Gasteiger partial charge in [0.2, 0.25) is 0 Å². The van der Waals surface area contributed by atoms with E-state index < -0.39 is 0 Å². The van der Waals surface area contributed by atoms with Crippen LogP contribution in [0.2, 0.25) is 0 Å². The lowest BCUT2D eigenvalue weighted by atomic mass is 10.2. The molecule has 0 bridgehead atoms. The van der Waals surface area contributed by atoms with Gasteiger partial charge in [-0.3, -0.25) is 9.88 Å². The zero-order chi connectivity index (χ0) is 17.5. The van der Waals surface area contributed by atoms with E-state index >= 15 is 0 Å². The zero-order valence-corrected chi connectivity index (χ0v) is 15.3. The number of pyridine rings is 1. The Hall–Kier alpha value is -2.18. The van der Waals surface area contributed by atoms with Gasteiger partial charge in [-0.25, -0.2) is 0 Å². The minimum Gasteiger partial charge on any atom is -0.492 e. The molecule has 0 amide bonds. The first-order valence-electron chi connectivity index (χ1n) is 8.65. The maximum Gasteiger partial charge on any atom is 0.173 e. The number of thiocarbonyl (C=S) groups is 1. The summed E-state index contributed by atoms with van der Waals surface area (Å²) in [4.78, 5) is 8.84. The smallest absolute Gasteiger partial charge is 0.173 e. The lowest BCUT2D eigenvalue weighted by Crippen LogP contribution is -2.49. The van der Waals surface area contributed by atoms with Gasteiger partial charge in [0.25, 0.3) is 0 Å². The van der Waals surface area contributed by atoms with Crippen molar-refractivity contribution in [3.8, 4) is 5.75 Å². The summed E-state index contributed by atoms with van der Waals surface area (Å²) in [7, 11) is 0. The Bertz CT molecular complexity index is 687. The van der Waals surface area contributed by atoms with Crippen molar-refractivity contribution in [2.45, 2.75) is 13.5 Å². The summed E-state index contributed by atoms with van der Waals surface area (Å²) in [5, 5.41) is 4.09. The van der Waals surface area contributed by atoms with Crippen LogP contribution in [0, 0.1) is 0 Å². The Balaban J connectivity index is 1.52. The Morgan fingerprint density at radius 2 is 1.96 bits per heavy atom. The average Bonchev–Trinajstić information content (AvgIpc) is 2.65. The maximum absolute atomic E-state index is 5.65. The van der Waals surface area contributed by atoms with Gasteiger partial charge in [0, 0.05) is 45.1 Å². The fourth-order valence-corrected chi connectivity index (χ4v) is 3.20. The number of nitrogens with zero attached hydrogens (tertiary/aromatic N) is 3. The molecular formula is C19H24N4OS. The molecule has 1 aliphatic rings. The van der Waals surface area contributed by atoms with E-state index in [1.165, 1.54) is 5.56 Å². The van der Waals surface area contributed by atoms with Gasteiger partial charge < -0.3 is 15.0 Å². The van der Waals surface area contributed by atoms with E-state index in [4.69, 9.17) is 17.0 Å². The minimum absolute atomic E-state index is 0.637. The molecule has 3 rings (SSSR count). The lowest BCUT2D eigenvalue weighted by molar-refractivity contribution is 0.177. The van der Waals surface area contributed by atoms with Gasteiger partial charge >= 0.3 is 0 Å². The number of para-hydroxylation sites is 2. The summed E-state index contributed by atoms with van der Waals surface area (Å²) >= 11 is 5.60. The number of benzene rings is 1. The third-order valence-electron chi connectivity index (χ3n) is 4.22. The van der Waals surface area contributed by atoms with Gasteiger partial charge in [0.1, 0.15) is 5.75 Å². The van der Waals surface area contributed by atoms with Crippen molar-refractivity contribution in [2.75, 3.05) is 38.1 Å². The van der Waals surface area contributed by atoms with Crippen LogP contribution >= 0.6 is 12.2 Å². The number of rotatable bonds is 5. The van der Waals surface area contributed by atoms with Crippen LogP contribution in [0.25, 0.3) is 0 Å². The van der Waals surface area contributed by atoms with Crippen molar-refractivity contribution in [3.63, 3.8) is 0 Å². The average molecular weight is 356 g/mol. The van der Waals surface area contributed by atoms with Crippen molar-refractivity contribution in [1.29, 1.82) is 0 Å². The number of piperazine rings is 1. The summed E-state index contributed by atoms with van der Waals surface area (Å²) in [6, 6.07) is 12.0. The van der Waals surface area contributed by atoms with Gasteiger partial charge in [-0.05, 0) is 42.9 Å². The Labute approximate surface area is 154 Å². The summed E-state index contributed by atoms with van der Waals surface area (Å²) in [6.45, 7) is 7.38. The van der Waals surface area contributed by atoms with Crippen molar-refractivity contribution in [2.24, 2.45) is 0 Å². The van der Waals surface area contributed by atoms with Gasteiger partial charge in [-0.15, -0.1) is 0 Å². The van der Waals surface area contributed by atoms with Crippen molar-refractivity contribution >= 4 is 23.0 Å². The highest BCUT2D eigenvalue weighted by atomic mass is 32.1. The van der Waals surface area contributed by atoms with Crippen molar-refractivity contribution in [1.82, 2.24) is 14.8 Å². The largest absolute Gasteiger partial charge is 0.492 e. The molecule has 1 saturated heterocycles. The molecule has 5 nitrogen and oxygen atoms in total. The van der Waals surface area contributed by atoms with E-state index in [1.54, 1.807) is 0 Å². The summed E-state index contributed by atoms with van der Waals surface area (Å²) in [6.07, 6.45) is 3.74. The first-order valence-corrected chi connectivity index (χ1v) is 9.06. The van der Waals surface area contributed by atoms with Crippen LogP contribution in [0.1, 0.15) is 12.5 Å².